The van der Waals surface area contributed by atoms with Crippen LogP contribution in [0.3, 0.4) is 0 Å². The average Bonchev–Trinajstić information content (AvgIpc) is 2.98. The maximum Gasteiger partial charge on any atom is 0.251 e. The van der Waals surface area contributed by atoms with Crippen LogP contribution < -0.4 is 21.1 Å². The normalized spacial score (nSPS) is 14.5. The Bertz CT molecular complexity index is 1720. The number of anilines is 4. The third-order valence-corrected chi connectivity index (χ3v) is 7.15. The summed E-state index contributed by atoms with van der Waals surface area (Å²) in [6.45, 7) is 7.98. The van der Waals surface area contributed by atoms with Crippen molar-refractivity contribution >= 4 is 40.0 Å². The summed E-state index contributed by atoms with van der Waals surface area (Å²) < 4.78 is 31.9. The monoisotopic (exact) mass is 575 g/mol. The topological polar surface area (TPSA) is 116 Å². The zero-order valence-corrected chi connectivity index (χ0v) is 23.3. The molecule has 218 valence electrons. The fourth-order valence-corrected chi connectivity index (χ4v) is 5.01. The lowest BCUT2D eigenvalue weighted by Crippen LogP contribution is -2.48. The first-order valence-corrected chi connectivity index (χ1v) is 13.5. The molecule has 1 fully saturated rings. The Morgan fingerprint density at radius 3 is 2.62 bits per heavy atom. The van der Waals surface area contributed by atoms with Gasteiger partial charge >= 0.3 is 0 Å². The molecule has 1 aliphatic heterocycles. The number of nitrogens with one attached hydrogen (secondary N) is 2. The molecular weight excluding hydrogens is 544 g/mol. The Balaban J connectivity index is 1.44. The van der Waals surface area contributed by atoms with Gasteiger partial charge in [-0.05, 0) is 42.8 Å². The highest BCUT2D eigenvalue weighted by molar-refractivity contribution is 6.00. The Morgan fingerprint density at radius 2 is 1.90 bits per heavy atom. The first-order valence-electron chi connectivity index (χ1n) is 13.5. The van der Waals surface area contributed by atoms with Crippen LogP contribution in [0.15, 0.2) is 66.1 Å². The molecule has 42 heavy (non-hydrogen) atoms. The molecule has 4 aromatic rings. The van der Waals surface area contributed by atoms with Gasteiger partial charge in [0.2, 0.25) is 11.9 Å². The van der Waals surface area contributed by atoms with Gasteiger partial charge in [0.15, 0.2) is 11.6 Å². The third-order valence-electron chi connectivity index (χ3n) is 7.15. The molecule has 0 spiro atoms. The van der Waals surface area contributed by atoms with Crippen LogP contribution in [0.25, 0.3) is 22.2 Å². The van der Waals surface area contributed by atoms with Crippen LogP contribution in [0.5, 0.6) is 0 Å². The van der Waals surface area contributed by atoms with Crippen LogP contribution in [0.4, 0.5) is 31.8 Å². The minimum atomic E-state index is -1.06. The first-order chi connectivity index (χ1) is 20.1. The van der Waals surface area contributed by atoms with Gasteiger partial charge < -0.3 is 25.2 Å². The lowest BCUT2D eigenvalue weighted by atomic mass is 10.0. The van der Waals surface area contributed by atoms with E-state index in [1.165, 1.54) is 29.0 Å². The van der Waals surface area contributed by atoms with Crippen LogP contribution in [0, 0.1) is 11.6 Å². The van der Waals surface area contributed by atoms with Crippen molar-refractivity contribution in [3.63, 3.8) is 0 Å². The Kier molecular flexibility index (Phi) is 8.27. The predicted octanol–water partition coefficient (Wildman–Crippen LogP) is 3.64. The molecule has 3 N–H and O–H groups in total. The molecule has 1 saturated heterocycles. The lowest BCUT2D eigenvalue weighted by Gasteiger charge is -2.36. The van der Waals surface area contributed by atoms with Gasteiger partial charge in [-0.2, -0.15) is 0 Å². The number of rotatable bonds is 8. The van der Waals surface area contributed by atoms with E-state index in [1.807, 2.05) is 0 Å². The van der Waals surface area contributed by atoms with Gasteiger partial charge in [0, 0.05) is 57.1 Å². The van der Waals surface area contributed by atoms with Gasteiger partial charge in [-0.1, -0.05) is 18.7 Å². The number of benzene rings is 2. The van der Waals surface area contributed by atoms with Crippen LogP contribution in [0.2, 0.25) is 0 Å². The molecule has 2 aromatic carbocycles. The van der Waals surface area contributed by atoms with Crippen molar-refractivity contribution in [1.29, 1.82) is 0 Å². The van der Waals surface area contributed by atoms with E-state index < -0.39 is 17.7 Å². The van der Waals surface area contributed by atoms with Crippen molar-refractivity contribution in [2.24, 2.45) is 7.05 Å². The number of piperazine rings is 1. The van der Waals surface area contributed by atoms with Gasteiger partial charge in [-0.3, -0.25) is 14.5 Å². The van der Waals surface area contributed by atoms with E-state index >= 15 is 8.78 Å². The number of halogens is 2. The summed E-state index contributed by atoms with van der Waals surface area (Å²) in [5.41, 5.74) is 2.15. The molecule has 2 aromatic heterocycles. The van der Waals surface area contributed by atoms with Gasteiger partial charge in [-0.25, -0.2) is 18.7 Å². The average molecular weight is 576 g/mol. The van der Waals surface area contributed by atoms with Gasteiger partial charge in [-0.15, -0.1) is 0 Å². The standard InChI is InChI=1S/C30H31F2N7O3/c1-4-25(41)34-20-7-5-6-19(14-20)21-15-26(42)37(3)24-16-33-30(36-29(21)24)35-22-8-9-23(28(32)27(22)31)39-12-10-38(11-13-39)17-18(2)40/h4-9,14-16,18,40H,1,10-13,17H2,2-3H3,(H,34,41)(H,33,35,36). The summed E-state index contributed by atoms with van der Waals surface area (Å²) in [6.07, 6.45) is 2.14. The van der Waals surface area contributed by atoms with Crippen molar-refractivity contribution in [2.75, 3.05) is 48.3 Å². The maximum atomic E-state index is 15.3. The third kappa shape index (κ3) is 5.99. The number of hydrogen-bond acceptors (Lipinski definition) is 8. The quantitative estimate of drug-likeness (QED) is 0.273. The highest BCUT2D eigenvalue weighted by atomic mass is 19.2. The van der Waals surface area contributed by atoms with Crippen molar-refractivity contribution in [1.82, 2.24) is 19.4 Å². The predicted molar refractivity (Wildman–Crippen MR) is 159 cm³/mol. The number of carbonyl (C=O) groups excluding carboxylic acids is 1. The molecule has 1 atom stereocenters. The van der Waals surface area contributed by atoms with Gasteiger partial charge in [0.1, 0.15) is 5.52 Å². The smallest absolute Gasteiger partial charge is 0.251 e. The van der Waals surface area contributed by atoms with Gasteiger partial charge in [0.05, 0.1) is 29.2 Å². The van der Waals surface area contributed by atoms with E-state index in [0.717, 1.165) is 6.08 Å². The van der Waals surface area contributed by atoms with Crippen LogP contribution >= 0.6 is 0 Å². The summed E-state index contributed by atoms with van der Waals surface area (Å²) in [5.74, 6) is -2.41. The highest BCUT2D eigenvalue weighted by Crippen LogP contribution is 2.31. The zero-order chi connectivity index (χ0) is 30.0. The number of aliphatic hydroxyl groups is 1. The minimum Gasteiger partial charge on any atom is -0.392 e. The van der Waals surface area contributed by atoms with Crippen molar-refractivity contribution in [2.45, 2.75) is 13.0 Å². The largest absolute Gasteiger partial charge is 0.392 e. The van der Waals surface area contributed by atoms with Crippen LogP contribution in [-0.4, -0.2) is 69.3 Å². The second-order valence-electron chi connectivity index (χ2n) is 10.2. The van der Waals surface area contributed by atoms with Crippen LogP contribution in [-0.2, 0) is 11.8 Å². The number of pyridine rings is 1. The Hall–Kier alpha value is -4.68. The Morgan fingerprint density at radius 1 is 1.14 bits per heavy atom. The van der Waals surface area contributed by atoms with Gasteiger partial charge in [0.25, 0.3) is 5.56 Å². The lowest BCUT2D eigenvalue weighted by molar-refractivity contribution is -0.111. The summed E-state index contributed by atoms with van der Waals surface area (Å²) in [7, 11) is 1.59. The molecular formula is C30H31F2N7O3. The number of aryl methyl sites for hydroxylation is 1. The number of carbonyl (C=O) groups is 1. The number of β-amino-alcohol motifs (C(OH)–C–C–N with tert-alkyl or cyclic N) is 1. The number of nitrogens with zero attached hydrogens (tertiary/aromatic N) is 5. The molecule has 10 nitrogen and oxygen atoms in total. The summed E-state index contributed by atoms with van der Waals surface area (Å²) >= 11 is 0. The number of aromatic nitrogens is 3. The van der Waals surface area contributed by atoms with Crippen molar-refractivity contribution in [3.05, 3.63) is 83.3 Å². The van der Waals surface area contributed by atoms with E-state index in [0.29, 0.717) is 60.6 Å². The number of amides is 1. The fraction of sp³-hybridized carbons (Fsp3) is 0.267. The zero-order valence-electron chi connectivity index (χ0n) is 23.3. The minimum absolute atomic E-state index is 0.0105. The molecule has 1 aliphatic rings. The fourth-order valence-electron chi connectivity index (χ4n) is 5.01. The number of aliphatic hydroxyl groups excluding tert-OH is 1. The summed E-state index contributed by atoms with van der Waals surface area (Å²) in [6, 6.07) is 11.3. The highest BCUT2D eigenvalue weighted by Gasteiger charge is 2.23. The molecule has 5 rings (SSSR count). The van der Waals surface area contributed by atoms with Crippen molar-refractivity contribution < 1.29 is 18.7 Å². The molecule has 1 amide bonds. The second kappa shape index (κ2) is 12.0. The molecule has 0 aliphatic carbocycles. The Labute approximate surface area is 240 Å². The van der Waals surface area contributed by atoms with E-state index in [2.05, 4.69) is 32.1 Å². The molecule has 12 heteroatoms. The second-order valence-corrected chi connectivity index (χ2v) is 10.2. The van der Waals surface area contributed by atoms with Crippen LogP contribution in [0.1, 0.15) is 6.92 Å². The molecule has 1 unspecified atom stereocenters. The summed E-state index contributed by atoms with van der Waals surface area (Å²) in [5, 5.41) is 15.1. The van der Waals surface area contributed by atoms with Crippen molar-refractivity contribution in [3.8, 4) is 11.1 Å². The van der Waals surface area contributed by atoms with E-state index in [1.54, 1.807) is 43.1 Å². The number of hydrogen-bond donors (Lipinski definition) is 3. The molecule has 3 heterocycles. The van der Waals surface area contributed by atoms with E-state index in [4.69, 9.17) is 0 Å². The van der Waals surface area contributed by atoms with E-state index in [-0.39, 0.29) is 28.8 Å². The first kappa shape index (κ1) is 28.8. The summed E-state index contributed by atoms with van der Waals surface area (Å²) in [4.78, 5) is 37.2. The van der Waals surface area contributed by atoms with E-state index in [9.17, 15) is 14.7 Å². The SMILES string of the molecule is C=CC(=O)Nc1cccc(-c2cc(=O)n(C)c3cnc(Nc4ccc(N5CCN(CC(C)O)CC5)c(F)c4F)nc23)c1. The number of fused-ring (bicyclic) bond motifs is 1. The molecule has 0 saturated carbocycles. The molecule has 0 bridgehead atoms. The maximum absolute atomic E-state index is 15.3. The molecule has 0 radical (unpaired) electrons.